The zero-order valence-electron chi connectivity index (χ0n) is 10.3. The Balaban J connectivity index is 1.92. The van der Waals surface area contributed by atoms with Gasteiger partial charge in [-0.2, -0.15) is 5.10 Å². The number of aromatic nitrogens is 2. The molecule has 1 heterocycles. The highest BCUT2D eigenvalue weighted by Gasteiger charge is 2.06. The SMILES string of the molecule is Cn1cc(C(=O)NCc2ccc(CN)cc2)cn1. The van der Waals surface area contributed by atoms with Crippen molar-refractivity contribution < 1.29 is 4.79 Å². The molecule has 3 N–H and O–H groups in total. The van der Waals surface area contributed by atoms with Crippen LogP contribution in [0.5, 0.6) is 0 Å². The van der Waals surface area contributed by atoms with E-state index in [2.05, 4.69) is 10.4 Å². The maximum atomic E-state index is 11.8. The summed E-state index contributed by atoms with van der Waals surface area (Å²) < 4.78 is 1.60. The minimum absolute atomic E-state index is 0.119. The summed E-state index contributed by atoms with van der Waals surface area (Å²) in [4.78, 5) is 11.8. The number of rotatable bonds is 4. The molecule has 0 unspecified atom stereocenters. The zero-order valence-corrected chi connectivity index (χ0v) is 10.3. The van der Waals surface area contributed by atoms with Crippen LogP contribution in [0.1, 0.15) is 21.5 Å². The van der Waals surface area contributed by atoms with E-state index in [-0.39, 0.29) is 5.91 Å². The highest BCUT2D eigenvalue weighted by Crippen LogP contribution is 2.04. The molecule has 5 nitrogen and oxygen atoms in total. The minimum atomic E-state index is -0.119. The van der Waals surface area contributed by atoms with Crippen LogP contribution in [0.2, 0.25) is 0 Å². The second kappa shape index (κ2) is 5.46. The first-order valence-corrected chi connectivity index (χ1v) is 5.74. The van der Waals surface area contributed by atoms with Crippen molar-refractivity contribution in [3.63, 3.8) is 0 Å². The van der Waals surface area contributed by atoms with Gasteiger partial charge in [0.25, 0.3) is 5.91 Å². The van der Waals surface area contributed by atoms with E-state index in [9.17, 15) is 4.79 Å². The summed E-state index contributed by atoms with van der Waals surface area (Å²) in [6.07, 6.45) is 3.24. The highest BCUT2D eigenvalue weighted by molar-refractivity contribution is 5.93. The molecule has 18 heavy (non-hydrogen) atoms. The summed E-state index contributed by atoms with van der Waals surface area (Å²) in [6, 6.07) is 7.86. The van der Waals surface area contributed by atoms with Gasteiger partial charge in [0.05, 0.1) is 11.8 Å². The van der Waals surface area contributed by atoms with E-state index in [0.717, 1.165) is 11.1 Å². The number of carbonyl (C=O) groups is 1. The summed E-state index contributed by atoms with van der Waals surface area (Å²) in [6.45, 7) is 1.03. The van der Waals surface area contributed by atoms with Crippen LogP contribution < -0.4 is 11.1 Å². The molecule has 2 rings (SSSR count). The third-order valence-corrected chi connectivity index (χ3v) is 2.68. The molecular formula is C13H16N4O. The van der Waals surface area contributed by atoms with Gasteiger partial charge in [0, 0.05) is 26.3 Å². The topological polar surface area (TPSA) is 72.9 Å². The quantitative estimate of drug-likeness (QED) is 0.836. The lowest BCUT2D eigenvalue weighted by Crippen LogP contribution is -2.22. The molecule has 5 heteroatoms. The van der Waals surface area contributed by atoms with Gasteiger partial charge in [-0.1, -0.05) is 24.3 Å². The van der Waals surface area contributed by atoms with Crippen LogP contribution >= 0.6 is 0 Å². The third kappa shape index (κ3) is 2.95. The first kappa shape index (κ1) is 12.3. The van der Waals surface area contributed by atoms with Crippen LogP contribution in [0.15, 0.2) is 36.7 Å². The highest BCUT2D eigenvalue weighted by atomic mass is 16.1. The number of hydrogen-bond acceptors (Lipinski definition) is 3. The van der Waals surface area contributed by atoms with Crippen LogP contribution in [0.25, 0.3) is 0 Å². The van der Waals surface area contributed by atoms with Crippen LogP contribution in [0, 0.1) is 0 Å². The molecule has 0 aliphatic carbocycles. The van der Waals surface area contributed by atoms with E-state index in [0.29, 0.717) is 18.7 Å². The Morgan fingerprint density at radius 1 is 1.33 bits per heavy atom. The smallest absolute Gasteiger partial charge is 0.254 e. The van der Waals surface area contributed by atoms with Crippen LogP contribution in [-0.4, -0.2) is 15.7 Å². The number of aryl methyl sites for hydroxylation is 1. The standard InChI is InChI=1S/C13H16N4O/c1-17-9-12(8-16-17)13(18)15-7-11-4-2-10(6-14)3-5-11/h2-5,8-9H,6-7,14H2,1H3,(H,15,18). The summed E-state index contributed by atoms with van der Waals surface area (Å²) in [5, 5.41) is 6.80. The Labute approximate surface area is 106 Å². The van der Waals surface area contributed by atoms with Gasteiger partial charge in [-0.05, 0) is 11.1 Å². The Morgan fingerprint density at radius 3 is 2.56 bits per heavy atom. The van der Waals surface area contributed by atoms with E-state index in [4.69, 9.17) is 5.73 Å². The van der Waals surface area contributed by atoms with Gasteiger partial charge in [-0.15, -0.1) is 0 Å². The van der Waals surface area contributed by atoms with E-state index < -0.39 is 0 Å². The molecule has 0 aliphatic rings. The Bertz CT molecular complexity index is 530. The second-order valence-electron chi connectivity index (χ2n) is 4.11. The number of nitrogens with zero attached hydrogens (tertiary/aromatic N) is 2. The van der Waals surface area contributed by atoms with Crippen molar-refractivity contribution in [2.75, 3.05) is 0 Å². The summed E-state index contributed by atoms with van der Waals surface area (Å²) in [7, 11) is 1.78. The summed E-state index contributed by atoms with van der Waals surface area (Å²) in [5.41, 5.74) is 8.21. The predicted octanol–water partition coefficient (Wildman–Crippen LogP) is 0.809. The largest absolute Gasteiger partial charge is 0.348 e. The number of benzene rings is 1. The van der Waals surface area contributed by atoms with Gasteiger partial charge in [-0.25, -0.2) is 0 Å². The molecule has 0 fully saturated rings. The monoisotopic (exact) mass is 244 g/mol. The van der Waals surface area contributed by atoms with Gasteiger partial charge in [-0.3, -0.25) is 9.48 Å². The number of nitrogens with two attached hydrogens (primary N) is 1. The first-order valence-electron chi connectivity index (χ1n) is 5.74. The molecule has 2 aromatic rings. The number of carbonyl (C=O) groups excluding carboxylic acids is 1. The van der Waals surface area contributed by atoms with Crippen LogP contribution in [0.3, 0.4) is 0 Å². The van der Waals surface area contributed by atoms with Gasteiger partial charge < -0.3 is 11.1 Å². The van der Waals surface area contributed by atoms with Crippen molar-refractivity contribution >= 4 is 5.91 Å². The van der Waals surface area contributed by atoms with Crippen molar-refractivity contribution in [2.45, 2.75) is 13.1 Å². The molecule has 0 radical (unpaired) electrons. The van der Waals surface area contributed by atoms with Crippen molar-refractivity contribution in [1.82, 2.24) is 15.1 Å². The minimum Gasteiger partial charge on any atom is -0.348 e. The van der Waals surface area contributed by atoms with Gasteiger partial charge >= 0.3 is 0 Å². The average molecular weight is 244 g/mol. The molecule has 0 saturated carbocycles. The molecule has 0 atom stereocenters. The molecule has 0 spiro atoms. The normalized spacial score (nSPS) is 10.3. The predicted molar refractivity (Wildman–Crippen MR) is 68.7 cm³/mol. The van der Waals surface area contributed by atoms with Gasteiger partial charge in [0.1, 0.15) is 0 Å². The fourth-order valence-corrected chi connectivity index (χ4v) is 1.62. The van der Waals surface area contributed by atoms with Crippen molar-refractivity contribution in [3.8, 4) is 0 Å². The lowest BCUT2D eigenvalue weighted by atomic mass is 10.1. The molecule has 0 aliphatic heterocycles. The summed E-state index contributed by atoms with van der Waals surface area (Å²) >= 11 is 0. The van der Waals surface area contributed by atoms with Crippen molar-refractivity contribution in [3.05, 3.63) is 53.3 Å². The molecule has 0 bridgehead atoms. The lowest BCUT2D eigenvalue weighted by molar-refractivity contribution is 0.0951. The lowest BCUT2D eigenvalue weighted by Gasteiger charge is -2.04. The van der Waals surface area contributed by atoms with Gasteiger partial charge in [0.15, 0.2) is 0 Å². The third-order valence-electron chi connectivity index (χ3n) is 2.68. The van der Waals surface area contributed by atoms with E-state index in [1.807, 2.05) is 24.3 Å². The Kier molecular flexibility index (Phi) is 3.74. The zero-order chi connectivity index (χ0) is 13.0. The Hall–Kier alpha value is -2.14. The average Bonchev–Trinajstić information content (AvgIpc) is 2.83. The Morgan fingerprint density at radius 2 is 2.00 bits per heavy atom. The number of nitrogens with one attached hydrogen (secondary N) is 1. The fourth-order valence-electron chi connectivity index (χ4n) is 1.62. The second-order valence-corrected chi connectivity index (χ2v) is 4.11. The fraction of sp³-hybridized carbons (Fsp3) is 0.231. The number of amides is 1. The molecule has 1 aromatic heterocycles. The number of hydrogen-bond donors (Lipinski definition) is 2. The van der Waals surface area contributed by atoms with E-state index in [1.165, 1.54) is 0 Å². The van der Waals surface area contributed by atoms with Crippen LogP contribution in [-0.2, 0) is 20.1 Å². The maximum Gasteiger partial charge on any atom is 0.254 e. The van der Waals surface area contributed by atoms with Crippen LogP contribution in [0.4, 0.5) is 0 Å². The molecule has 0 saturated heterocycles. The van der Waals surface area contributed by atoms with E-state index >= 15 is 0 Å². The van der Waals surface area contributed by atoms with Crippen molar-refractivity contribution in [1.29, 1.82) is 0 Å². The molecule has 94 valence electrons. The molecular weight excluding hydrogens is 228 g/mol. The molecule has 1 amide bonds. The van der Waals surface area contributed by atoms with Gasteiger partial charge in [0.2, 0.25) is 0 Å². The first-order chi connectivity index (χ1) is 8.69. The van der Waals surface area contributed by atoms with E-state index in [1.54, 1.807) is 24.1 Å². The summed E-state index contributed by atoms with van der Waals surface area (Å²) in [5.74, 6) is -0.119. The maximum absolute atomic E-state index is 11.8. The molecule has 1 aromatic carbocycles. The van der Waals surface area contributed by atoms with Crippen molar-refractivity contribution in [2.24, 2.45) is 12.8 Å².